The van der Waals surface area contributed by atoms with Crippen LogP contribution < -0.4 is 0 Å². The number of carboxylic acids is 2. The van der Waals surface area contributed by atoms with Gasteiger partial charge in [-0.1, -0.05) is 24.3 Å². The zero-order valence-corrected chi connectivity index (χ0v) is 14.1. The molecule has 0 saturated carbocycles. The van der Waals surface area contributed by atoms with Gasteiger partial charge in [0.15, 0.2) is 0 Å². The van der Waals surface area contributed by atoms with Crippen LogP contribution in [0.1, 0.15) is 43.8 Å². The highest BCUT2D eigenvalue weighted by atomic mass is 16.4. The molecular formula is C20H22O5. The summed E-state index contributed by atoms with van der Waals surface area (Å²) in [6.07, 6.45) is 2.18. The molecule has 0 aliphatic carbocycles. The number of aryl methyl sites for hydroxylation is 2. The molecule has 2 rings (SSSR count). The molecule has 0 aliphatic heterocycles. The van der Waals surface area contributed by atoms with Gasteiger partial charge in [-0.2, -0.15) is 0 Å². The minimum absolute atomic E-state index is 0.0486. The molecule has 3 N–H and O–H groups in total. The lowest BCUT2D eigenvalue weighted by Crippen LogP contribution is -2.12. The van der Waals surface area contributed by atoms with Gasteiger partial charge >= 0.3 is 11.9 Å². The SMILES string of the molecule is Cc1cc(CC(CO)CCc2ccc(C(=O)O)cc2)ccc1C(=O)O. The van der Waals surface area contributed by atoms with Crippen LogP contribution >= 0.6 is 0 Å². The number of carboxylic acid groups (broad SMARTS) is 2. The predicted octanol–water partition coefficient (Wildman–Crippen LogP) is 3.18. The Morgan fingerprint density at radius 2 is 1.60 bits per heavy atom. The predicted molar refractivity (Wildman–Crippen MR) is 94.1 cm³/mol. The van der Waals surface area contributed by atoms with Crippen molar-refractivity contribution in [3.63, 3.8) is 0 Å². The van der Waals surface area contributed by atoms with Crippen molar-refractivity contribution >= 4 is 11.9 Å². The van der Waals surface area contributed by atoms with Crippen molar-refractivity contribution in [1.82, 2.24) is 0 Å². The van der Waals surface area contributed by atoms with E-state index in [1.165, 1.54) is 0 Å². The molecule has 5 heteroatoms. The summed E-state index contributed by atoms with van der Waals surface area (Å²) in [6, 6.07) is 12.0. The first-order chi connectivity index (χ1) is 11.9. The average Bonchev–Trinajstić information content (AvgIpc) is 2.58. The summed E-state index contributed by atoms with van der Waals surface area (Å²) in [7, 11) is 0. The van der Waals surface area contributed by atoms with E-state index in [-0.39, 0.29) is 18.1 Å². The van der Waals surface area contributed by atoms with E-state index in [1.807, 2.05) is 6.07 Å². The van der Waals surface area contributed by atoms with Gasteiger partial charge in [-0.3, -0.25) is 0 Å². The molecule has 0 amide bonds. The van der Waals surface area contributed by atoms with E-state index >= 15 is 0 Å². The molecule has 2 aromatic rings. The standard InChI is InChI=1S/C20H22O5/c1-13-10-15(6-9-18(13)20(24)25)11-16(12-21)3-2-14-4-7-17(8-5-14)19(22)23/h4-10,16,21H,2-3,11-12H2,1H3,(H,22,23)(H,24,25). The van der Waals surface area contributed by atoms with Crippen LogP contribution in [-0.2, 0) is 12.8 Å². The third-order valence-electron chi connectivity index (χ3n) is 4.35. The van der Waals surface area contributed by atoms with Gasteiger partial charge in [0.25, 0.3) is 0 Å². The monoisotopic (exact) mass is 342 g/mol. The fourth-order valence-corrected chi connectivity index (χ4v) is 2.87. The molecule has 0 aromatic heterocycles. The molecule has 0 fully saturated rings. The minimum atomic E-state index is -0.944. The number of aliphatic hydroxyl groups excluding tert-OH is 1. The maximum Gasteiger partial charge on any atom is 0.335 e. The second-order valence-corrected chi connectivity index (χ2v) is 6.25. The summed E-state index contributed by atoms with van der Waals surface area (Å²) in [5, 5.41) is 27.6. The van der Waals surface area contributed by atoms with Gasteiger partial charge in [-0.05, 0) is 67.0 Å². The van der Waals surface area contributed by atoms with Crippen LogP contribution in [0.3, 0.4) is 0 Å². The van der Waals surface area contributed by atoms with Crippen molar-refractivity contribution in [1.29, 1.82) is 0 Å². The van der Waals surface area contributed by atoms with Crippen molar-refractivity contribution in [3.05, 3.63) is 70.3 Å². The second-order valence-electron chi connectivity index (χ2n) is 6.25. The number of hydrogen-bond acceptors (Lipinski definition) is 3. The van der Waals surface area contributed by atoms with E-state index < -0.39 is 11.9 Å². The van der Waals surface area contributed by atoms with E-state index in [1.54, 1.807) is 43.3 Å². The largest absolute Gasteiger partial charge is 0.478 e. The number of aromatic carboxylic acids is 2. The average molecular weight is 342 g/mol. The molecule has 0 spiro atoms. The van der Waals surface area contributed by atoms with Gasteiger partial charge in [-0.15, -0.1) is 0 Å². The summed E-state index contributed by atoms with van der Waals surface area (Å²) in [6.45, 7) is 1.82. The Labute approximate surface area is 146 Å². The summed E-state index contributed by atoms with van der Waals surface area (Å²) in [4.78, 5) is 21.9. The molecule has 0 radical (unpaired) electrons. The van der Waals surface area contributed by atoms with Crippen molar-refractivity contribution in [2.24, 2.45) is 5.92 Å². The summed E-state index contributed by atoms with van der Waals surface area (Å²) in [5.41, 5.74) is 3.30. The van der Waals surface area contributed by atoms with Crippen LogP contribution in [0.2, 0.25) is 0 Å². The van der Waals surface area contributed by atoms with Gasteiger partial charge in [0.1, 0.15) is 0 Å². The maximum absolute atomic E-state index is 11.1. The Kier molecular flexibility index (Phi) is 6.31. The van der Waals surface area contributed by atoms with Gasteiger partial charge in [0.05, 0.1) is 11.1 Å². The van der Waals surface area contributed by atoms with E-state index in [4.69, 9.17) is 10.2 Å². The Morgan fingerprint density at radius 3 is 2.12 bits per heavy atom. The van der Waals surface area contributed by atoms with E-state index in [0.29, 0.717) is 17.5 Å². The first-order valence-corrected chi connectivity index (χ1v) is 8.16. The Morgan fingerprint density at radius 1 is 0.960 bits per heavy atom. The van der Waals surface area contributed by atoms with Crippen LogP contribution in [0, 0.1) is 12.8 Å². The topological polar surface area (TPSA) is 94.8 Å². The fraction of sp³-hybridized carbons (Fsp3) is 0.300. The molecule has 132 valence electrons. The van der Waals surface area contributed by atoms with Gasteiger partial charge in [0.2, 0.25) is 0 Å². The minimum Gasteiger partial charge on any atom is -0.478 e. The lowest BCUT2D eigenvalue weighted by molar-refractivity contribution is 0.0685. The number of rotatable bonds is 8. The van der Waals surface area contributed by atoms with Crippen LogP contribution in [0.4, 0.5) is 0 Å². The molecular weight excluding hydrogens is 320 g/mol. The molecule has 0 bridgehead atoms. The highest BCUT2D eigenvalue weighted by molar-refractivity contribution is 5.89. The molecule has 2 aromatic carbocycles. The van der Waals surface area contributed by atoms with E-state index in [0.717, 1.165) is 24.0 Å². The normalized spacial score (nSPS) is 11.9. The first kappa shape index (κ1) is 18.7. The molecule has 0 heterocycles. The number of hydrogen-bond donors (Lipinski definition) is 3. The molecule has 5 nitrogen and oxygen atoms in total. The third-order valence-corrected chi connectivity index (χ3v) is 4.35. The number of aliphatic hydroxyl groups is 1. The van der Waals surface area contributed by atoms with Crippen LogP contribution in [0.25, 0.3) is 0 Å². The summed E-state index contributed by atoms with van der Waals surface area (Å²) >= 11 is 0. The summed E-state index contributed by atoms with van der Waals surface area (Å²) < 4.78 is 0. The zero-order valence-electron chi connectivity index (χ0n) is 14.1. The molecule has 0 aliphatic rings. The Balaban J connectivity index is 1.97. The number of carbonyl (C=O) groups is 2. The highest BCUT2D eigenvalue weighted by Crippen LogP contribution is 2.18. The van der Waals surface area contributed by atoms with Crippen molar-refractivity contribution in [3.8, 4) is 0 Å². The molecule has 25 heavy (non-hydrogen) atoms. The Bertz CT molecular complexity index is 749. The van der Waals surface area contributed by atoms with Crippen LogP contribution in [0.15, 0.2) is 42.5 Å². The van der Waals surface area contributed by atoms with E-state index in [9.17, 15) is 14.7 Å². The third kappa shape index (κ3) is 5.16. The molecule has 1 unspecified atom stereocenters. The smallest absolute Gasteiger partial charge is 0.335 e. The van der Waals surface area contributed by atoms with E-state index in [2.05, 4.69) is 0 Å². The van der Waals surface area contributed by atoms with Gasteiger partial charge < -0.3 is 15.3 Å². The van der Waals surface area contributed by atoms with Crippen LogP contribution in [0.5, 0.6) is 0 Å². The highest BCUT2D eigenvalue weighted by Gasteiger charge is 2.12. The van der Waals surface area contributed by atoms with Gasteiger partial charge in [-0.25, -0.2) is 9.59 Å². The fourth-order valence-electron chi connectivity index (χ4n) is 2.87. The molecule has 0 saturated heterocycles. The van der Waals surface area contributed by atoms with Crippen LogP contribution in [-0.4, -0.2) is 33.9 Å². The zero-order chi connectivity index (χ0) is 18.4. The van der Waals surface area contributed by atoms with Crippen molar-refractivity contribution < 1.29 is 24.9 Å². The van der Waals surface area contributed by atoms with Crippen molar-refractivity contribution in [2.45, 2.75) is 26.2 Å². The lowest BCUT2D eigenvalue weighted by Gasteiger charge is -2.15. The first-order valence-electron chi connectivity index (χ1n) is 8.16. The summed E-state index contributed by atoms with van der Waals surface area (Å²) in [5.74, 6) is -1.82. The molecule has 1 atom stereocenters. The lowest BCUT2D eigenvalue weighted by atomic mass is 9.92. The second kappa shape index (κ2) is 8.44. The quantitative estimate of drug-likeness (QED) is 0.685. The number of benzene rings is 2. The Hall–Kier alpha value is -2.66. The van der Waals surface area contributed by atoms with Crippen molar-refractivity contribution in [2.75, 3.05) is 6.61 Å². The van der Waals surface area contributed by atoms with Gasteiger partial charge in [0, 0.05) is 6.61 Å². The maximum atomic E-state index is 11.1.